The van der Waals surface area contributed by atoms with Gasteiger partial charge in [0, 0.05) is 18.5 Å². The zero-order valence-electron chi connectivity index (χ0n) is 14.6. The van der Waals surface area contributed by atoms with Crippen LogP contribution in [-0.4, -0.2) is 48.4 Å². The van der Waals surface area contributed by atoms with E-state index in [1.165, 1.54) is 0 Å². The lowest BCUT2D eigenvalue weighted by molar-refractivity contribution is 0.288. The minimum absolute atomic E-state index is 0.111. The largest absolute Gasteiger partial charge is 0.493 e. The molecule has 1 aromatic carbocycles. The van der Waals surface area contributed by atoms with Crippen molar-refractivity contribution in [3.05, 3.63) is 24.0 Å². The summed E-state index contributed by atoms with van der Waals surface area (Å²) in [5, 5.41) is 8.43. The van der Waals surface area contributed by atoms with E-state index in [4.69, 9.17) is 9.47 Å². The Morgan fingerprint density at radius 2 is 2.04 bits per heavy atom. The quantitative estimate of drug-likeness (QED) is 0.729. The number of nitrogens with zero attached hydrogens (tertiary/aromatic N) is 3. The van der Waals surface area contributed by atoms with Gasteiger partial charge < -0.3 is 14.0 Å². The predicted molar refractivity (Wildman–Crippen MR) is 94.8 cm³/mol. The molecule has 0 fully saturated rings. The lowest BCUT2D eigenvalue weighted by atomic mass is 10.2. The molecule has 0 saturated heterocycles. The molecule has 0 radical (unpaired) electrons. The maximum Gasteiger partial charge on any atom is 0.164 e. The van der Waals surface area contributed by atoms with E-state index in [1.807, 2.05) is 22.8 Å². The normalized spacial score (nSPS) is 16.1. The van der Waals surface area contributed by atoms with Crippen LogP contribution in [0.4, 0.5) is 0 Å². The Kier molecular flexibility index (Phi) is 5.27. The summed E-state index contributed by atoms with van der Waals surface area (Å²) in [6.45, 7) is 3.13. The van der Waals surface area contributed by atoms with Gasteiger partial charge in [0.1, 0.15) is 5.82 Å². The van der Waals surface area contributed by atoms with Crippen LogP contribution in [0, 0.1) is 0 Å². The predicted octanol–water partition coefficient (Wildman–Crippen LogP) is 2.10. The van der Waals surface area contributed by atoms with E-state index in [0.29, 0.717) is 42.7 Å². The summed E-state index contributed by atoms with van der Waals surface area (Å²) in [6.07, 6.45) is 2.44. The third-order valence-corrected chi connectivity index (χ3v) is 5.90. The Morgan fingerprint density at radius 3 is 2.80 bits per heavy atom. The van der Waals surface area contributed by atoms with Gasteiger partial charge in [0.25, 0.3) is 0 Å². The zero-order valence-corrected chi connectivity index (χ0v) is 15.4. The van der Waals surface area contributed by atoms with Gasteiger partial charge in [0.15, 0.2) is 27.2 Å². The van der Waals surface area contributed by atoms with Crippen molar-refractivity contribution >= 4 is 9.84 Å². The number of benzene rings is 1. The summed E-state index contributed by atoms with van der Waals surface area (Å²) in [5.74, 6) is 2.92. The number of hydrogen-bond donors (Lipinski definition) is 0. The van der Waals surface area contributed by atoms with Crippen molar-refractivity contribution in [2.45, 2.75) is 32.7 Å². The standard InChI is InChI=1S/C17H23N3O4S/c1-3-4-9-24-14-6-5-13(12-15(14)23-2)17-19-18-16-7-10-25(21,22)11-8-20(16)17/h5-6,12H,3-4,7-11H2,1-2H3. The lowest BCUT2D eigenvalue weighted by Crippen LogP contribution is -2.12. The minimum atomic E-state index is -3.02. The highest BCUT2D eigenvalue weighted by Gasteiger charge is 2.23. The molecular weight excluding hydrogens is 342 g/mol. The summed E-state index contributed by atoms with van der Waals surface area (Å²) in [7, 11) is -1.42. The Morgan fingerprint density at radius 1 is 1.20 bits per heavy atom. The molecule has 7 nitrogen and oxygen atoms in total. The number of unbranched alkanes of at least 4 members (excludes halogenated alkanes) is 1. The number of rotatable bonds is 6. The number of aromatic nitrogens is 3. The first-order valence-electron chi connectivity index (χ1n) is 8.48. The average Bonchev–Trinajstić information content (AvgIpc) is 2.95. The van der Waals surface area contributed by atoms with Crippen LogP contribution in [0.1, 0.15) is 25.6 Å². The molecule has 2 aromatic rings. The van der Waals surface area contributed by atoms with Gasteiger partial charge in [0.05, 0.1) is 25.2 Å². The molecular formula is C17H23N3O4S. The number of fused-ring (bicyclic) bond motifs is 1. The monoisotopic (exact) mass is 365 g/mol. The number of aryl methyl sites for hydroxylation is 1. The maximum absolute atomic E-state index is 11.9. The summed E-state index contributed by atoms with van der Waals surface area (Å²) in [5.41, 5.74) is 0.831. The van der Waals surface area contributed by atoms with E-state index < -0.39 is 9.84 Å². The van der Waals surface area contributed by atoms with Gasteiger partial charge in [-0.2, -0.15) is 0 Å². The zero-order chi connectivity index (χ0) is 17.9. The summed E-state index contributed by atoms with van der Waals surface area (Å²) in [4.78, 5) is 0. The molecule has 1 aliphatic rings. The third-order valence-electron chi connectivity index (χ3n) is 4.27. The highest BCUT2D eigenvalue weighted by molar-refractivity contribution is 7.91. The average molecular weight is 365 g/mol. The summed E-state index contributed by atoms with van der Waals surface area (Å²) < 4.78 is 36.8. The SMILES string of the molecule is CCCCOc1ccc(-c2nnc3n2CCS(=O)(=O)CC3)cc1OC. The molecule has 25 heavy (non-hydrogen) atoms. The molecule has 0 unspecified atom stereocenters. The molecule has 1 aliphatic heterocycles. The van der Waals surface area contributed by atoms with Gasteiger partial charge >= 0.3 is 0 Å². The van der Waals surface area contributed by atoms with E-state index in [0.717, 1.165) is 18.4 Å². The molecule has 0 spiro atoms. The molecule has 136 valence electrons. The molecule has 0 bridgehead atoms. The number of methoxy groups -OCH3 is 1. The van der Waals surface area contributed by atoms with E-state index in [9.17, 15) is 8.42 Å². The lowest BCUT2D eigenvalue weighted by Gasteiger charge is -2.12. The van der Waals surface area contributed by atoms with Gasteiger partial charge in [-0.15, -0.1) is 10.2 Å². The number of ether oxygens (including phenoxy) is 2. The van der Waals surface area contributed by atoms with Gasteiger partial charge in [-0.05, 0) is 24.6 Å². The van der Waals surface area contributed by atoms with Crippen LogP contribution in [0.5, 0.6) is 11.5 Å². The van der Waals surface area contributed by atoms with Crippen molar-refractivity contribution in [2.75, 3.05) is 25.2 Å². The molecule has 1 aromatic heterocycles. The van der Waals surface area contributed by atoms with E-state index in [2.05, 4.69) is 17.1 Å². The van der Waals surface area contributed by atoms with Crippen LogP contribution in [0.15, 0.2) is 18.2 Å². The molecule has 0 saturated carbocycles. The maximum atomic E-state index is 11.9. The summed E-state index contributed by atoms with van der Waals surface area (Å²) in [6, 6.07) is 5.62. The van der Waals surface area contributed by atoms with Crippen LogP contribution in [0.25, 0.3) is 11.4 Å². The molecule has 0 aliphatic carbocycles. The van der Waals surface area contributed by atoms with Gasteiger partial charge in [0.2, 0.25) is 0 Å². The van der Waals surface area contributed by atoms with E-state index in [-0.39, 0.29) is 11.5 Å². The number of sulfone groups is 1. The van der Waals surface area contributed by atoms with E-state index >= 15 is 0 Å². The second kappa shape index (κ2) is 7.43. The van der Waals surface area contributed by atoms with Crippen molar-refractivity contribution in [2.24, 2.45) is 0 Å². The fraction of sp³-hybridized carbons (Fsp3) is 0.529. The highest BCUT2D eigenvalue weighted by atomic mass is 32.2. The first-order valence-corrected chi connectivity index (χ1v) is 10.3. The van der Waals surface area contributed by atoms with Gasteiger partial charge in [-0.25, -0.2) is 8.42 Å². The minimum Gasteiger partial charge on any atom is -0.493 e. The van der Waals surface area contributed by atoms with Gasteiger partial charge in [-0.1, -0.05) is 13.3 Å². The Balaban J connectivity index is 1.89. The van der Waals surface area contributed by atoms with Crippen LogP contribution in [-0.2, 0) is 22.8 Å². The second-order valence-electron chi connectivity index (χ2n) is 6.06. The molecule has 2 heterocycles. The van der Waals surface area contributed by atoms with E-state index in [1.54, 1.807) is 7.11 Å². The van der Waals surface area contributed by atoms with Crippen LogP contribution in [0.3, 0.4) is 0 Å². The molecule has 0 atom stereocenters. The molecule has 0 amide bonds. The third kappa shape index (κ3) is 3.95. The van der Waals surface area contributed by atoms with Crippen molar-refractivity contribution in [1.29, 1.82) is 0 Å². The molecule has 8 heteroatoms. The topological polar surface area (TPSA) is 83.3 Å². The van der Waals surface area contributed by atoms with Crippen molar-refractivity contribution in [1.82, 2.24) is 14.8 Å². The number of hydrogen-bond acceptors (Lipinski definition) is 6. The van der Waals surface area contributed by atoms with Gasteiger partial charge in [-0.3, -0.25) is 0 Å². The fourth-order valence-corrected chi connectivity index (χ4v) is 3.96. The van der Waals surface area contributed by atoms with Crippen molar-refractivity contribution in [3.8, 4) is 22.9 Å². The Hall–Kier alpha value is -2.09. The first-order chi connectivity index (χ1) is 12.0. The van der Waals surface area contributed by atoms with Crippen LogP contribution < -0.4 is 9.47 Å². The summed E-state index contributed by atoms with van der Waals surface area (Å²) >= 11 is 0. The highest BCUT2D eigenvalue weighted by Crippen LogP contribution is 2.32. The van der Waals surface area contributed by atoms with Crippen LogP contribution in [0.2, 0.25) is 0 Å². The van der Waals surface area contributed by atoms with Crippen LogP contribution >= 0.6 is 0 Å². The Labute approximate surface area is 147 Å². The second-order valence-corrected chi connectivity index (χ2v) is 8.36. The first kappa shape index (κ1) is 17.7. The smallest absolute Gasteiger partial charge is 0.164 e. The fourth-order valence-electron chi connectivity index (χ4n) is 2.80. The van der Waals surface area contributed by atoms with Crippen molar-refractivity contribution in [3.63, 3.8) is 0 Å². The molecule has 0 N–H and O–H groups in total. The molecule has 3 rings (SSSR count). The van der Waals surface area contributed by atoms with Crippen molar-refractivity contribution < 1.29 is 17.9 Å². The Bertz CT molecular complexity index is 846.